The first-order valence-corrected chi connectivity index (χ1v) is 8.01. The molecular weight excluding hydrogens is 321 g/mol. The van der Waals surface area contributed by atoms with Gasteiger partial charge in [-0.3, -0.25) is 14.7 Å². The fourth-order valence-corrected chi connectivity index (χ4v) is 2.94. The van der Waals surface area contributed by atoms with Crippen molar-refractivity contribution in [1.82, 2.24) is 24.9 Å². The number of rotatable bonds is 6. The Morgan fingerprint density at radius 3 is 2.68 bits per heavy atom. The Kier molecular flexibility index (Phi) is 4.85. The lowest BCUT2D eigenvalue weighted by Gasteiger charge is -2.16. The molecule has 2 heterocycles. The minimum atomic E-state index is -0.389. The number of hydrogen-bond donors (Lipinski definition) is 1. The van der Waals surface area contributed by atoms with Crippen molar-refractivity contribution >= 4 is 0 Å². The number of nitrogens with one attached hydrogen (secondary N) is 1. The molecule has 2 aromatic heterocycles. The molecule has 0 unspecified atom stereocenters. The van der Waals surface area contributed by atoms with E-state index in [2.05, 4.69) is 20.2 Å². The molecule has 25 heavy (non-hydrogen) atoms. The van der Waals surface area contributed by atoms with Gasteiger partial charge in [0.05, 0.1) is 24.7 Å². The fourth-order valence-electron chi connectivity index (χ4n) is 2.94. The predicted molar refractivity (Wildman–Crippen MR) is 93.6 cm³/mol. The Balaban J connectivity index is 1.77. The maximum absolute atomic E-state index is 14.0. The summed E-state index contributed by atoms with van der Waals surface area (Å²) in [6.07, 6.45) is 3.81. The number of methoxy groups -OCH3 is 1. The van der Waals surface area contributed by atoms with E-state index in [1.54, 1.807) is 12.3 Å². The van der Waals surface area contributed by atoms with E-state index >= 15 is 0 Å². The molecule has 0 fully saturated rings. The molecule has 7 heteroatoms. The van der Waals surface area contributed by atoms with E-state index in [0.29, 0.717) is 6.54 Å². The maximum Gasteiger partial charge on any atom is 0.165 e. The summed E-state index contributed by atoms with van der Waals surface area (Å²) in [6, 6.07) is 4.91. The van der Waals surface area contributed by atoms with Gasteiger partial charge in [-0.05, 0) is 32.2 Å². The monoisotopic (exact) mass is 343 g/mol. The van der Waals surface area contributed by atoms with Crippen LogP contribution in [0.25, 0.3) is 11.3 Å². The molecule has 132 valence electrons. The van der Waals surface area contributed by atoms with Crippen LogP contribution >= 0.6 is 0 Å². The fraction of sp³-hybridized carbons (Fsp3) is 0.333. The molecule has 0 aliphatic heterocycles. The van der Waals surface area contributed by atoms with Crippen molar-refractivity contribution in [2.24, 2.45) is 7.05 Å². The van der Waals surface area contributed by atoms with Gasteiger partial charge in [0.25, 0.3) is 0 Å². The summed E-state index contributed by atoms with van der Waals surface area (Å²) in [5, 5.41) is 11.5. The first-order chi connectivity index (χ1) is 12.0. The molecule has 0 saturated carbocycles. The summed E-state index contributed by atoms with van der Waals surface area (Å²) >= 11 is 0. The summed E-state index contributed by atoms with van der Waals surface area (Å²) in [4.78, 5) is 2.18. The number of benzene rings is 1. The van der Waals surface area contributed by atoms with Gasteiger partial charge in [-0.1, -0.05) is 0 Å². The number of halogens is 1. The van der Waals surface area contributed by atoms with Gasteiger partial charge in [0.2, 0.25) is 0 Å². The molecule has 0 saturated heterocycles. The van der Waals surface area contributed by atoms with Crippen LogP contribution in [0.1, 0.15) is 16.8 Å². The SMILES string of the molecule is COc1ccc(-c2[nH]ncc2CN(C)Cc2cn(C)nc2C)cc1F. The third-order valence-electron chi connectivity index (χ3n) is 4.15. The van der Waals surface area contributed by atoms with Crippen LogP contribution in [-0.4, -0.2) is 39.0 Å². The Morgan fingerprint density at radius 2 is 2.04 bits per heavy atom. The lowest BCUT2D eigenvalue weighted by atomic mass is 10.1. The van der Waals surface area contributed by atoms with Crippen LogP contribution < -0.4 is 4.74 Å². The van der Waals surface area contributed by atoms with Gasteiger partial charge in [0.1, 0.15) is 0 Å². The molecule has 0 atom stereocenters. The minimum absolute atomic E-state index is 0.231. The predicted octanol–water partition coefficient (Wildman–Crippen LogP) is 2.90. The zero-order valence-corrected chi connectivity index (χ0v) is 14.9. The van der Waals surface area contributed by atoms with Crippen LogP contribution in [0.15, 0.2) is 30.6 Å². The zero-order chi connectivity index (χ0) is 18.0. The van der Waals surface area contributed by atoms with Crippen LogP contribution in [0.2, 0.25) is 0 Å². The Bertz CT molecular complexity index is 870. The number of aromatic nitrogens is 4. The molecule has 0 spiro atoms. The van der Waals surface area contributed by atoms with Gasteiger partial charge in [0, 0.05) is 43.0 Å². The summed E-state index contributed by atoms with van der Waals surface area (Å²) in [7, 11) is 5.41. The Hall–Kier alpha value is -2.67. The lowest BCUT2D eigenvalue weighted by molar-refractivity contribution is 0.319. The average Bonchev–Trinajstić information content (AvgIpc) is 3.13. The van der Waals surface area contributed by atoms with Crippen LogP contribution in [0.5, 0.6) is 5.75 Å². The van der Waals surface area contributed by atoms with E-state index in [-0.39, 0.29) is 11.6 Å². The summed E-state index contributed by atoms with van der Waals surface area (Å²) < 4.78 is 20.8. The second-order valence-electron chi connectivity index (χ2n) is 6.21. The van der Waals surface area contributed by atoms with E-state index in [9.17, 15) is 4.39 Å². The number of aryl methyl sites for hydroxylation is 2. The van der Waals surface area contributed by atoms with Gasteiger partial charge in [-0.2, -0.15) is 10.2 Å². The summed E-state index contributed by atoms with van der Waals surface area (Å²) in [5.74, 6) is -0.158. The maximum atomic E-state index is 14.0. The highest BCUT2D eigenvalue weighted by atomic mass is 19.1. The van der Waals surface area contributed by atoms with Crippen molar-refractivity contribution in [2.45, 2.75) is 20.0 Å². The smallest absolute Gasteiger partial charge is 0.165 e. The highest BCUT2D eigenvalue weighted by molar-refractivity contribution is 5.63. The van der Waals surface area contributed by atoms with Gasteiger partial charge in [-0.25, -0.2) is 4.39 Å². The third-order valence-corrected chi connectivity index (χ3v) is 4.15. The minimum Gasteiger partial charge on any atom is -0.494 e. The molecule has 1 N–H and O–H groups in total. The molecular formula is C18H22FN5O. The number of hydrogen-bond acceptors (Lipinski definition) is 4. The number of ether oxygens (including phenoxy) is 1. The van der Waals surface area contributed by atoms with E-state index in [4.69, 9.17) is 4.74 Å². The molecule has 3 rings (SSSR count). The standard InChI is InChI=1S/C18H22FN5O/c1-12-15(11-24(3)22-12)10-23(2)9-14-8-20-21-18(14)13-5-6-17(25-4)16(19)7-13/h5-8,11H,9-10H2,1-4H3,(H,20,21). The van der Waals surface area contributed by atoms with Crippen LogP contribution in [0.3, 0.4) is 0 Å². The topological polar surface area (TPSA) is 59.0 Å². The lowest BCUT2D eigenvalue weighted by Crippen LogP contribution is -2.17. The second-order valence-corrected chi connectivity index (χ2v) is 6.21. The van der Waals surface area contributed by atoms with Crippen molar-refractivity contribution in [2.75, 3.05) is 14.2 Å². The quantitative estimate of drug-likeness (QED) is 0.748. The van der Waals surface area contributed by atoms with Gasteiger partial charge < -0.3 is 4.74 Å². The van der Waals surface area contributed by atoms with E-state index in [0.717, 1.165) is 29.1 Å². The first-order valence-electron chi connectivity index (χ1n) is 8.01. The average molecular weight is 343 g/mol. The molecule has 1 aromatic carbocycles. The number of H-pyrrole nitrogens is 1. The molecule has 0 bridgehead atoms. The van der Waals surface area contributed by atoms with Crippen LogP contribution in [-0.2, 0) is 20.1 Å². The van der Waals surface area contributed by atoms with Crippen molar-refractivity contribution in [1.29, 1.82) is 0 Å². The third kappa shape index (κ3) is 3.71. The molecule has 0 amide bonds. The first kappa shape index (κ1) is 17.2. The summed E-state index contributed by atoms with van der Waals surface area (Å²) in [6.45, 7) is 3.47. The Labute approximate surface area is 146 Å². The van der Waals surface area contributed by atoms with Gasteiger partial charge >= 0.3 is 0 Å². The second kappa shape index (κ2) is 7.06. The largest absolute Gasteiger partial charge is 0.494 e. The van der Waals surface area contributed by atoms with Gasteiger partial charge in [0.15, 0.2) is 11.6 Å². The van der Waals surface area contributed by atoms with Crippen LogP contribution in [0.4, 0.5) is 4.39 Å². The van der Waals surface area contributed by atoms with Crippen LogP contribution in [0, 0.1) is 12.7 Å². The molecule has 6 nitrogen and oxygen atoms in total. The van der Waals surface area contributed by atoms with Crippen molar-refractivity contribution in [3.05, 3.63) is 53.2 Å². The number of nitrogens with zero attached hydrogens (tertiary/aromatic N) is 4. The molecule has 0 radical (unpaired) electrons. The van der Waals surface area contributed by atoms with Crippen molar-refractivity contribution < 1.29 is 9.13 Å². The van der Waals surface area contributed by atoms with Crippen molar-refractivity contribution in [3.63, 3.8) is 0 Å². The highest BCUT2D eigenvalue weighted by Gasteiger charge is 2.14. The molecule has 0 aliphatic rings. The molecule has 0 aliphatic carbocycles. The van der Waals surface area contributed by atoms with E-state index < -0.39 is 0 Å². The summed E-state index contributed by atoms with van der Waals surface area (Å²) in [5.41, 5.74) is 4.78. The normalized spacial score (nSPS) is 11.3. The van der Waals surface area contributed by atoms with Crippen molar-refractivity contribution in [3.8, 4) is 17.0 Å². The Morgan fingerprint density at radius 1 is 1.28 bits per heavy atom. The van der Waals surface area contributed by atoms with Gasteiger partial charge in [-0.15, -0.1) is 0 Å². The van der Waals surface area contributed by atoms with E-state index in [1.165, 1.54) is 18.7 Å². The molecule has 3 aromatic rings. The van der Waals surface area contributed by atoms with E-state index in [1.807, 2.05) is 38.0 Å². The highest BCUT2D eigenvalue weighted by Crippen LogP contribution is 2.27. The number of aromatic amines is 1. The zero-order valence-electron chi connectivity index (χ0n) is 14.9.